The van der Waals surface area contributed by atoms with Crippen molar-refractivity contribution in [2.75, 3.05) is 12.4 Å². The Hall–Kier alpha value is -2.05. The highest BCUT2D eigenvalue weighted by Gasteiger charge is 2.12. The quantitative estimate of drug-likeness (QED) is 0.568. The lowest BCUT2D eigenvalue weighted by atomic mass is 10.2. The average molecular weight is 373 g/mol. The summed E-state index contributed by atoms with van der Waals surface area (Å²) in [5, 5.41) is 13.4. The molecule has 0 radical (unpaired) electrons. The van der Waals surface area contributed by atoms with Crippen LogP contribution in [-0.2, 0) is 0 Å². The zero-order valence-electron chi connectivity index (χ0n) is 11.8. The molecule has 2 aromatic carbocycles. The number of thiazole rings is 1. The number of anilines is 1. The summed E-state index contributed by atoms with van der Waals surface area (Å²) < 4.78 is 1.02. The van der Waals surface area contributed by atoms with Gasteiger partial charge in [-0.1, -0.05) is 57.6 Å². The Kier molecular flexibility index (Phi) is 4.60. The van der Waals surface area contributed by atoms with E-state index in [4.69, 9.17) is 0 Å². The van der Waals surface area contributed by atoms with Gasteiger partial charge >= 0.3 is 0 Å². The Balaban J connectivity index is 1.96. The first-order valence-corrected chi connectivity index (χ1v) is 8.28. The molecule has 0 fully saturated rings. The highest BCUT2D eigenvalue weighted by atomic mass is 79.9. The lowest BCUT2D eigenvalue weighted by Crippen LogP contribution is -1.85. The van der Waals surface area contributed by atoms with Gasteiger partial charge in [-0.25, -0.2) is 4.98 Å². The Morgan fingerprint density at radius 3 is 2.41 bits per heavy atom. The Labute approximate surface area is 141 Å². The van der Waals surface area contributed by atoms with Crippen LogP contribution in [0.5, 0.6) is 0 Å². The molecule has 4 nitrogen and oxygen atoms in total. The molecule has 0 saturated heterocycles. The van der Waals surface area contributed by atoms with E-state index in [2.05, 4.69) is 36.5 Å². The van der Waals surface area contributed by atoms with Crippen LogP contribution in [0.2, 0.25) is 0 Å². The lowest BCUT2D eigenvalue weighted by molar-refractivity contribution is 1.24. The van der Waals surface area contributed by atoms with Crippen molar-refractivity contribution < 1.29 is 0 Å². The molecule has 1 N–H and O–H groups in total. The molecule has 0 saturated carbocycles. The summed E-state index contributed by atoms with van der Waals surface area (Å²) in [6.07, 6.45) is 0. The van der Waals surface area contributed by atoms with Gasteiger partial charge in [-0.15, -0.1) is 10.2 Å². The standard InChI is InChI=1S/C16H13BrN4S/c1-18-16-19-14(11-5-3-2-4-6-11)15(22-16)21-20-13-9-7-12(17)8-10-13/h2-10H,1H3,(H,18,19). The van der Waals surface area contributed by atoms with Crippen LogP contribution in [0.1, 0.15) is 0 Å². The van der Waals surface area contributed by atoms with Crippen LogP contribution in [0.25, 0.3) is 11.3 Å². The number of nitrogens with one attached hydrogen (secondary N) is 1. The Morgan fingerprint density at radius 2 is 1.73 bits per heavy atom. The van der Waals surface area contributed by atoms with Gasteiger partial charge < -0.3 is 5.32 Å². The molecule has 3 aromatic rings. The molecule has 1 aromatic heterocycles. The zero-order chi connectivity index (χ0) is 15.4. The van der Waals surface area contributed by atoms with Gasteiger partial charge in [0.2, 0.25) is 0 Å². The van der Waals surface area contributed by atoms with Gasteiger partial charge in [-0.05, 0) is 24.3 Å². The minimum atomic E-state index is 0.790. The van der Waals surface area contributed by atoms with Gasteiger partial charge in [0, 0.05) is 17.1 Å². The van der Waals surface area contributed by atoms with Gasteiger partial charge in [0.1, 0.15) is 5.69 Å². The molecular formula is C16H13BrN4S. The van der Waals surface area contributed by atoms with Crippen molar-refractivity contribution in [1.29, 1.82) is 0 Å². The van der Waals surface area contributed by atoms with Crippen molar-refractivity contribution in [3.8, 4) is 11.3 Å². The van der Waals surface area contributed by atoms with Crippen molar-refractivity contribution >= 4 is 43.1 Å². The van der Waals surface area contributed by atoms with E-state index in [1.54, 1.807) is 0 Å². The van der Waals surface area contributed by atoms with Crippen LogP contribution < -0.4 is 5.32 Å². The number of hydrogen-bond donors (Lipinski definition) is 1. The van der Waals surface area contributed by atoms with Gasteiger partial charge in [-0.2, -0.15) is 0 Å². The molecule has 1 heterocycles. The Bertz CT molecular complexity index is 782. The van der Waals surface area contributed by atoms with Crippen molar-refractivity contribution in [2.24, 2.45) is 10.2 Å². The molecule has 0 atom stereocenters. The van der Waals surface area contributed by atoms with Crippen molar-refractivity contribution in [1.82, 2.24) is 4.98 Å². The molecule has 6 heteroatoms. The predicted molar refractivity (Wildman–Crippen MR) is 95.4 cm³/mol. The zero-order valence-corrected chi connectivity index (χ0v) is 14.2. The summed E-state index contributed by atoms with van der Waals surface area (Å²) in [5.41, 5.74) is 2.68. The first-order valence-electron chi connectivity index (χ1n) is 6.67. The minimum absolute atomic E-state index is 0.790. The van der Waals surface area contributed by atoms with Gasteiger partial charge in [0.05, 0.1) is 5.69 Å². The Morgan fingerprint density at radius 1 is 1.00 bits per heavy atom. The van der Waals surface area contributed by atoms with E-state index in [0.717, 1.165) is 31.6 Å². The molecular weight excluding hydrogens is 360 g/mol. The van der Waals surface area contributed by atoms with Crippen molar-refractivity contribution in [2.45, 2.75) is 0 Å². The number of halogens is 1. The molecule has 0 bridgehead atoms. The second kappa shape index (κ2) is 6.81. The van der Waals surface area contributed by atoms with Crippen LogP contribution in [0.15, 0.2) is 69.3 Å². The van der Waals surface area contributed by atoms with Crippen LogP contribution >= 0.6 is 27.3 Å². The first kappa shape index (κ1) is 14.9. The molecule has 0 aliphatic carbocycles. The number of rotatable bonds is 4. The van der Waals surface area contributed by atoms with Gasteiger partial charge in [0.15, 0.2) is 10.1 Å². The fourth-order valence-corrected chi connectivity index (χ4v) is 2.91. The molecule has 0 amide bonds. The molecule has 0 aliphatic rings. The van der Waals surface area contributed by atoms with Crippen LogP contribution in [0, 0.1) is 0 Å². The smallest absolute Gasteiger partial charge is 0.185 e. The maximum absolute atomic E-state index is 4.57. The lowest BCUT2D eigenvalue weighted by Gasteiger charge is -1.97. The SMILES string of the molecule is CNc1nc(-c2ccccc2)c(N=Nc2ccc(Br)cc2)s1. The van der Waals surface area contributed by atoms with Gasteiger partial charge in [-0.3, -0.25) is 0 Å². The fourth-order valence-electron chi connectivity index (χ4n) is 1.88. The third-order valence-corrected chi connectivity index (χ3v) is 4.44. The van der Waals surface area contributed by atoms with E-state index < -0.39 is 0 Å². The molecule has 3 rings (SSSR count). The molecule has 22 heavy (non-hydrogen) atoms. The first-order chi connectivity index (χ1) is 10.8. The third-order valence-electron chi connectivity index (χ3n) is 2.95. The molecule has 0 spiro atoms. The van der Waals surface area contributed by atoms with E-state index in [1.165, 1.54) is 11.3 Å². The second-order valence-corrected chi connectivity index (χ2v) is 6.36. The second-order valence-electron chi connectivity index (χ2n) is 4.47. The number of benzene rings is 2. The van der Waals surface area contributed by atoms with E-state index in [0.29, 0.717) is 0 Å². The van der Waals surface area contributed by atoms with Gasteiger partial charge in [0.25, 0.3) is 0 Å². The molecule has 0 unspecified atom stereocenters. The molecule has 110 valence electrons. The molecule has 0 aliphatic heterocycles. The van der Waals surface area contributed by atoms with Crippen LogP contribution in [0.4, 0.5) is 15.8 Å². The van der Waals surface area contributed by atoms with Crippen molar-refractivity contribution in [3.05, 3.63) is 59.1 Å². The van der Waals surface area contributed by atoms with E-state index in [-0.39, 0.29) is 0 Å². The summed E-state index contributed by atoms with van der Waals surface area (Å²) in [5.74, 6) is 0. The number of nitrogens with zero attached hydrogens (tertiary/aromatic N) is 3. The monoisotopic (exact) mass is 372 g/mol. The summed E-state index contributed by atoms with van der Waals surface area (Å²) in [6.45, 7) is 0. The van der Waals surface area contributed by atoms with Crippen LogP contribution in [0.3, 0.4) is 0 Å². The normalized spacial score (nSPS) is 11.0. The number of hydrogen-bond acceptors (Lipinski definition) is 5. The predicted octanol–water partition coefficient (Wildman–Crippen LogP) is 6.03. The van der Waals surface area contributed by atoms with E-state index >= 15 is 0 Å². The number of azo groups is 1. The summed E-state index contributed by atoms with van der Waals surface area (Å²) >= 11 is 4.89. The fraction of sp³-hybridized carbons (Fsp3) is 0.0625. The average Bonchev–Trinajstić information content (AvgIpc) is 2.98. The maximum atomic E-state index is 4.57. The minimum Gasteiger partial charge on any atom is -0.365 e. The maximum Gasteiger partial charge on any atom is 0.185 e. The highest BCUT2D eigenvalue weighted by Crippen LogP contribution is 2.38. The largest absolute Gasteiger partial charge is 0.365 e. The summed E-state index contributed by atoms with van der Waals surface area (Å²) in [6, 6.07) is 17.7. The third kappa shape index (κ3) is 3.40. The number of aromatic nitrogens is 1. The highest BCUT2D eigenvalue weighted by molar-refractivity contribution is 9.10. The summed E-state index contributed by atoms with van der Waals surface area (Å²) in [7, 11) is 1.85. The van der Waals surface area contributed by atoms with Crippen LogP contribution in [-0.4, -0.2) is 12.0 Å². The summed E-state index contributed by atoms with van der Waals surface area (Å²) in [4.78, 5) is 4.57. The van der Waals surface area contributed by atoms with E-state index in [9.17, 15) is 0 Å². The van der Waals surface area contributed by atoms with E-state index in [1.807, 2.05) is 61.6 Å². The van der Waals surface area contributed by atoms with Crippen molar-refractivity contribution in [3.63, 3.8) is 0 Å². The topological polar surface area (TPSA) is 49.6 Å².